The van der Waals surface area contributed by atoms with Crippen LogP contribution in [-0.4, -0.2) is 5.97 Å². The highest BCUT2D eigenvalue weighted by atomic mass is 35.5. The van der Waals surface area contributed by atoms with Gasteiger partial charge in [0, 0.05) is 6.42 Å². The number of esters is 1. The number of rotatable bonds is 0. The predicted octanol–water partition coefficient (Wildman–Crippen LogP) is 1.26. The van der Waals surface area contributed by atoms with E-state index in [4.69, 9.17) is 0 Å². The molecule has 0 aromatic carbocycles. The van der Waals surface area contributed by atoms with Crippen molar-refractivity contribution in [2.24, 2.45) is 0 Å². The van der Waals surface area contributed by atoms with Crippen molar-refractivity contribution in [2.75, 3.05) is 0 Å². The summed E-state index contributed by atoms with van der Waals surface area (Å²) >= 11 is 0. The zero-order chi connectivity index (χ0) is 5.11. The van der Waals surface area contributed by atoms with E-state index in [1.165, 1.54) is 6.26 Å². The van der Waals surface area contributed by atoms with Crippen molar-refractivity contribution >= 4 is 18.4 Å². The average Bonchev–Trinajstić information content (AvgIpc) is 1.69. The zero-order valence-corrected chi connectivity index (χ0v) is 5.11. The smallest absolute Gasteiger partial charge is 0.310 e. The summed E-state index contributed by atoms with van der Waals surface area (Å²) < 4.78 is 4.46. The first-order chi connectivity index (χ1) is 3.39. The molecule has 46 valence electrons. The van der Waals surface area contributed by atoms with Crippen LogP contribution in [0.4, 0.5) is 0 Å². The van der Waals surface area contributed by atoms with E-state index in [-0.39, 0.29) is 18.4 Å². The van der Waals surface area contributed by atoms with E-state index in [2.05, 4.69) is 4.74 Å². The lowest BCUT2D eigenvalue weighted by Crippen LogP contribution is -2.01. The number of carbonyl (C=O) groups excluding carboxylic acids is 1. The number of hydrogen-bond donors (Lipinski definition) is 0. The van der Waals surface area contributed by atoms with Gasteiger partial charge in [-0.25, -0.2) is 0 Å². The molecule has 0 radical (unpaired) electrons. The van der Waals surface area contributed by atoms with Gasteiger partial charge < -0.3 is 4.74 Å². The Morgan fingerprint density at radius 1 is 1.62 bits per heavy atom. The summed E-state index contributed by atoms with van der Waals surface area (Å²) in [5.41, 5.74) is 0. The summed E-state index contributed by atoms with van der Waals surface area (Å²) in [7, 11) is 0. The van der Waals surface area contributed by atoms with Crippen LogP contribution in [0.2, 0.25) is 0 Å². The fourth-order valence-corrected chi connectivity index (χ4v) is 0.452. The summed E-state index contributed by atoms with van der Waals surface area (Å²) in [6.07, 6.45) is 4.64. The predicted molar refractivity (Wildman–Crippen MR) is 31.7 cm³/mol. The largest absolute Gasteiger partial charge is 0.435 e. The fraction of sp³-hybridized carbons (Fsp3) is 0.400. The summed E-state index contributed by atoms with van der Waals surface area (Å²) in [5, 5.41) is 0. The molecule has 0 aromatic heterocycles. The lowest BCUT2D eigenvalue weighted by Gasteiger charge is -1.99. The lowest BCUT2D eigenvalue weighted by atomic mass is 10.3. The Bertz CT molecular complexity index is 109. The highest BCUT2D eigenvalue weighted by Crippen LogP contribution is 2.00. The Labute approximate surface area is 53.9 Å². The fourth-order valence-electron chi connectivity index (χ4n) is 0.452. The molecule has 0 unspecified atom stereocenters. The third kappa shape index (κ3) is 1.98. The van der Waals surface area contributed by atoms with Crippen LogP contribution < -0.4 is 0 Å². The van der Waals surface area contributed by atoms with Gasteiger partial charge in [-0.3, -0.25) is 4.79 Å². The SMILES string of the molecule is Cl.O=C1CCC=CO1. The molecular weight excluding hydrogens is 128 g/mol. The Balaban J connectivity index is 0.000000490. The molecule has 1 heterocycles. The lowest BCUT2D eigenvalue weighted by molar-refractivity contribution is -0.138. The second-order valence-electron chi connectivity index (χ2n) is 1.40. The van der Waals surface area contributed by atoms with Crippen LogP contribution in [-0.2, 0) is 9.53 Å². The van der Waals surface area contributed by atoms with Crippen molar-refractivity contribution < 1.29 is 9.53 Å². The molecule has 2 nitrogen and oxygen atoms in total. The molecule has 8 heavy (non-hydrogen) atoms. The maximum atomic E-state index is 10.2. The molecule has 0 aromatic rings. The van der Waals surface area contributed by atoms with E-state index >= 15 is 0 Å². The van der Waals surface area contributed by atoms with Crippen LogP contribution in [0.25, 0.3) is 0 Å². The van der Waals surface area contributed by atoms with Gasteiger partial charge in [0.15, 0.2) is 0 Å². The van der Waals surface area contributed by atoms with Crippen molar-refractivity contribution in [3.8, 4) is 0 Å². The Morgan fingerprint density at radius 2 is 2.38 bits per heavy atom. The van der Waals surface area contributed by atoms with Crippen molar-refractivity contribution in [3.63, 3.8) is 0 Å². The minimum atomic E-state index is -0.123. The van der Waals surface area contributed by atoms with Gasteiger partial charge in [-0.15, -0.1) is 12.4 Å². The number of ether oxygens (including phenoxy) is 1. The van der Waals surface area contributed by atoms with E-state index in [0.717, 1.165) is 6.42 Å². The van der Waals surface area contributed by atoms with E-state index in [1.807, 2.05) is 6.08 Å². The Hall–Kier alpha value is -0.500. The summed E-state index contributed by atoms with van der Waals surface area (Å²) in [4.78, 5) is 10.2. The minimum absolute atomic E-state index is 0. The van der Waals surface area contributed by atoms with Crippen LogP contribution in [0.5, 0.6) is 0 Å². The second kappa shape index (κ2) is 3.50. The van der Waals surface area contributed by atoms with Gasteiger partial charge in [0.1, 0.15) is 0 Å². The molecule has 0 atom stereocenters. The first kappa shape index (κ1) is 7.50. The molecule has 0 spiro atoms. The molecule has 0 aliphatic carbocycles. The molecule has 0 N–H and O–H groups in total. The highest BCUT2D eigenvalue weighted by Gasteiger charge is 2.01. The quantitative estimate of drug-likeness (QED) is 0.467. The van der Waals surface area contributed by atoms with Crippen molar-refractivity contribution in [1.82, 2.24) is 0 Å². The molecule has 0 amide bonds. The molecule has 0 saturated heterocycles. The highest BCUT2D eigenvalue weighted by molar-refractivity contribution is 5.85. The Kier molecular flexibility index (Phi) is 3.28. The molecule has 1 aliphatic heterocycles. The summed E-state index contributed by atoms with van der Waals surface area (Å²) in [6, 6.07) is 0. The molecule has 3 heteroatoms. The zero-order valence-electron chi connectivity index (χ0n) is 4.29. The van der Waals surface area contributed by atoms with Crippen LogP contribution >= 0.6 is 12.4 Å². The number of carbonyl (C=O) groups is 1. The van der Waals surface area contributed by atoms with Gasteiger partial charge >= 0.3 is 5.97 Å². The third-order valence-electron chi connectivity index (χ3n) is 0.811. The van der Waals surface area contributed by atoms with Gasteiger partial charge in [0.2, 0.25) is 0 Å². The number of cyclic esters (lactones) is 1. The van der Waals surface area contributed by atoms with Gasteiger partial charge in [0.25, 0.3) is 0 Å². The first-order valence-corrected chi connectivity index (χ1v) is 2.24. The minimum Gasteiger partial charge on any atom is -0.435 e. The normalized spacial score (nSPS) is 16.8. The standard InChI is InChI=1S/C5H6O2.ClH/c6-5-3-1-2-4-7-5;/h2,4H,1,3H2;1H. The maximum Gasteiger partial charge on any atom is 0.310 e. The van der Waals surface area contributed by atoms with E-state index in [1.54, 1.807) is 0 Å². The third-order valence-corrected chi connectivity index (χ3v) is 0.811. The van der Waals surface area contributed by atoms with Gasteiger partial charge in [-0.1, -0.05) is 0 Å². The average molecular weight is 135 g/mol. The molecular formula is C5H7ClO2. The summed E-state index contributed by atoms with van der Waals surface area (Å²) in [6.45, 7) is 0. The first-order valence-electron chi connectivity index (χ1n) is 2.24. The number of halogens is 1. The van der Waals surface area contributed by atoms with E-state index in [9.17, 15) is 4.79 Å². The topological polar surface area (TPSA) is 26.3 Å². The van der Waals surface area contributed by atoms with Gasteiger partial charge in [0.05, 0.1) is 6.26 Å². The van der Waals surface area contributed by atoms with Crippen molar-refractivity contribution in [1.29, 1.82) is 0 Å². The molecule has 1 aliphatic rings. The molecule has 1 rings (SSSR count). The number of allylic oxidation sites excluding steroid dienone is 1. The Morgan fingerprint density at radius 3 is 2.62 bits per heavy atom. The molecule has 0 bridgehead atoms. The van der Waals surface area contributed by atoms with Crippen molar-refractivity contribution in [2.45, 2.75) is 12.8 Å². The van der Waals surface area contributed by atoms with Gasteiger partial charge in [-0.05, 0) is 12.5 Å². The monoisotopic (exact) mass is 134 g/mol. The van der Waals surface area contributed by atoms with Gasteiger partial charge in [-0.2, -0.15) is 0 Å². The van der Waals surface area contributed by atoms with Crippen LogP contribution in [0.15, 0.2) is 12.3 Å². The van der Waals surface area contributed by atoms with Crippen LogP contribution in [0.3, 0.4) is 0 Å². The maximum absolute atomic E-state index is 10.2. The van der Waals surface area contributed by atoms with Crippen molar-refractivity contribution in [3.05, 3.63) is 12.3 Å². The number of hydrogen-bond acceptors (Lipinski definition) is 2. The van der Waals surface area contributed by atoms with Crippen LogP contribution in [0.1, 0.15) is 12.8 Å². The molecule has 0 saturated carbocycles. The summed E-state index contributed by atoms with van der Waals surface area (Å²) in [5.74, 6) is -0.123. The second-order valence-corrected chi connectivity index (χ2v) is 1.40. The van der Waals surface area contributed by atoms with E-state index in [0.29, 0.717) is 6.42 Å². The van der Waals surface area contributed by atoms with Crippen LogP contribution in [0, 0.1) is 0 Å². The van der Waals surface area contributed by atoms with E-state index < -0.39 is 0 Å². The molecule has 0 fully saturated rings.